The van der Waals surface area contributed by atoms with Gasteiger partial charge in [0, 0.05) is 18.3 Å². The second-order valence-corrected chi connectivity index (χ2v) is 7.48. The number of nitrogens with zero attached hydrogens (tertiary/aromatic N) is 1. The molecule has 1 heterocycles. The van der Waals surface area contributed by atoms with Crippen molar-refractivity contribution in [2.45, 2.75) is 77.7 Å². The summed E-state index contributed by atoms with van der Waals surface area (Å²) in [6.45, 7) is 5.65. The van der Waals surface area contributed by atoms with Gasteiger partial charge in [-0.05, 0) is 31.6 Å². The van der Waals surface area contributed by atoms with Gasteiger partial charge < -0.3 is 5.32 Å². The molecule has 0 bridgehead atoms. The van der Waals surface area contributed by atoms with Crippen LogP contribution in [0.3, 0.4) is 0 Å². The van der Waals surface area contributed by atoms with Crippen LogP contribution in [-0.2, 0) is 0 Å². The first kappa shape index (κ1) is 15.2. The van der Waals surface area contributed by atoms with Crippen LogP contribution in [0.4, 0.5) is 0 Å². The predicted octanol–water partition coefficient (Wildman–Crippen LogP) is 4.60. The zero-order valence-corrected chi connectivity index (χ0v) is 13.5. The third-order valence-electron chi connectivity index (χ3n) is 4.60. The zero-order valence-electron chi connectivity index (χ0n) is 12.7. The van der Waals surface area contributed by atoms with E-state index in [9.17, 15) is 0 Å². The molecule has 1 aliphatic heterocycles. The predicted molar refractivity (Wildman–Crippen MR) is 87.0 cm³/mol. The van der Waals surface area contributed by atoms with E-state index < -0.39 is 0 Å². The first-order valence-electron chi connectivity index (χ1n) is 8.18. The number of unbranched alkanes of at least 4 members (excludes halogenated alkanes) is 3. The van der Waals surface area contributed by atoms with Gasteiger partial charge >= 0.3 is 0 Å². The Balaban J connectivity index is 1.67. The molecule has 2 rings (SSSR count). The molecule has 1 aliphatic carbocycles. The quantitative estimate of drug-likeness (QED) is 0.720. The largest absolute Gasteiger partial charge is 0.362 e. The van der Waals surface area contributed by atoms with E-state index in [2.05, 4.69) is 19.2 Å². The van der Waals surface area contributed by atoms with Gasteiger partial charge in [0.05, 0.1) is 0 Å². The summed E-state index contributed by atoms with van der Waals surface area (Å²) in [6.07, 6.45) is 12.4. The minimum absolute atomic E-state index is 0.570. The first-order valence-corrected chi connectivity index (χ1v) is 9.16. The van der Waals surface area contributed by atoms with Gasteiger partial charge in [-0.1, -0.05) is 57.2 Å². The molecule has 1 atom stereocenters. The van der Waals surface area contributed by atoms with Gasteiger partial charge in [-0.2, -0.15) is 0 Å². The molecule has 110 valence electrons. The number of aliphatic imine (C=N–C) groups is 1. The molecule has 0 aromatic heterocycles. The molecular weight excluding hydrogens is 252 g/mol. The molecule has 0 radical (unpaired) electrons. The Hall–Kier alpha value is -0.180. The maximum absolute atomic E-state index is 4.82. The van der Waals surface area contributed by atoms with Crippen LogP contribution in [0.15, 0.2) is 4.99 Å². The van der Waals surface area contributed by atoms with Gasteiger partial charge in [0.15, 0.2) is 5.17 Å². The van der Waals surface area contributed by atoms with Crippen molar-refractivity contribution in [2.75, 3.05) is 12.3 Å². The van der Waals surface area contributed by atoms with Crippen molar-refractivity contribution < 1.29 is 0 Å². The fraction of sp³-hybridized carbons (Fsp3) is 0.938. The van der Waals surface area contributed by atoms with E-state index in [1.807, 2.05) is 11.8 Å². The summed E-state index contributed by atoms with van der Waals surface area (Å²) in [6, 6.07) is 0.584. The van der Waals surface area contributed by atoms with Gasteiger partial charge in [0.2, 0.25) is 0 Å². The topological polar surface area (TPSA) is 24.4 Å². The molecule has 1 saturated carbocycles. The number of hydrogen-bond acceptors (Lipinski definition) is 3. The van der Waals surface area contributed by atoms with E-state index in [0.717, 1.165) is 6.54 Å². The molecule has 2 nitrogen and oxygen atoms in total. The number of thioether (sulfide) groups is 1. The highest BCUT2D eigenvalue weighted by Crippen LogP contribution is 2.43. The number of nitrogens with one attached hydrogen (secondary N) is 1. The Morgan fingerprint density at radius 3 is 2.68 bits per heavy atom. The normalized spacial score (nSPS) is 23.4. The second kappa shape index (κ2) is 7.56. The second-order valence-electron chi connectivity index (χ2n) is 6.51. The Morgan fingerprint density at radius 1 is 1.26 bits per heavy atom. The maximum atomic E-state index is 4.82. The number of hydrogen-bond donors (Lipinski definition) is 1. The summed E-state index contributed by atoms with van der Waals surface area (Å²) in [5, 5.41) is 4.82. The van der Waals surface area contributed by atoms with Crippen molar-refractivity contribution in [3.05, 3.63) is 0 Å². The highest BCUT2D eigenvalue weighted by Gasteiger charge is 2.36. The Morgan fingerprint density at radius 2 is 2.05 bits per heavy atom. The highest BCUT2D eigenvalue weighted by atomic mass is 32.2. The maximum Gasteiger partial charge on any atom is 0.156 e. The first-order chi connectivity index (χ1) is 9.24. The fourth-order valence-corrected chi connectivity index (χ4v) is 4.49. The molecule has 0 aromatic rings. The van der Waals surface area contributed by atoms with Crippen molar-refractivity contribution >= 4 is 16.9 Å². The van der Waals surface area contributed by atoms with Crippen molar-refractivity contribution in [1.82, 2.24) is 5.32 Å². The van der Waals surface area contributed by atoms with Crippen LogP contribution in [0.1, 0.15) is 71.6 Å². The molecule has 0 aromatic carbocycles. The van der Waals surface area contributed by atoms with Crippen molar-refractivity contribution in [1.29, 1.82) is 0 Å². The molecule has 0 amide bonds. The lowest BCUT2D eigenvalue weighted by atomic mass is 9.89. The fourth-order valence-electron chi connectivity index (χ4n) is 3.23. The van der Waals surface area contributed by atoms with Crippen LogP contribution >= 0.6 is 11.8 Å². The van der Waals surface area contributed by atoms with E-state index >= 15 is 0 Å². The van der Waals surface area contributed by atoms with Gasteiger partial charge in [0.25, 0.3) is 0 Å². The highest BCUT2D eigenvalue weighted by molar-refractivity contribution is 8.13. The van der Waals surface area contributed by atoms with Gasteiger partial charge in [-0.15, -0.1) is 0 Å². The van der Waals surface area contributed by atoms with Crippen LogP contribution in [0, 0.1) is 5.41 Å². The lowest BCUT2D eigenvalue weighted by Gasteiger charge is -2.31. The number of rotatable bonds is 6. The zero-order chi connectivity index (χ0) is 13.6. The monoisotopic (exact) mass is 282 g/mol. The van der Waals surface area contributed by atoms with Crippen molar-refractivity contribution in [3.63, 3.8) is 0 Å². The summed E-state index contributed by atoms with van der Waals surface area (Å²) in [4.78, 5) is 4.82. The van der Waals surface area contributed by atoms with Crippen LogP contribution in [0.2, 0.25) is 0 Å². The molecule has 1 spiro atoms. The van der Waals surface area contributed by atoms with E-state index in [-0.39, 0.29) is 0 Å². The standard InChI is InChI=1S/C16H30N2S/c1-3-4-5-6-9-14(2)18-15-17-12-16(13-19-15)10-7-8-11-16/h14H,3-13H2,1-2H3,(H,17,18). The summed E-state index contributed by atoms with van der Waals surface area (Å²) >= 11 is 1.97. The average Bonchev–Trinajstić information content (AvgIpc) is 2.86. The summed E-state index contributed by atoms with van der Waals surface area (Å²) < 4.78 is 0. The van der Waals surface area contributed by atoms with Crippen LogP contribution in [0.5, 0.6) is 0 Å². The molecule has 3 heteroatoms. The van der Waals surface area contributed by atoms with E-state index in [0.29, 0.717) is 11.5 Å². The average molecular weight is 282 g/mol. The molecule has 2 aliphatic rings. The Bertz CT molecular complexity index is 295. The lowest BCUT2D eigenvalue weighted by Crippen LogP contribution is -2.37. The minimum Gasteiger partial charge on any atom is -0.362 e. The van der Waals surface area contributed by atoms with E-state index in [4.69, 9.17) is 4.99 Å². The molecule has 1 N–H and O–H groups in total. The Kier molecular flexibility index (Phi) is 6.06. The molecule has 0 saturated heterocycles. The van der Waals surface area contributed by atoms with E-state index in [1.54, 1.807) is 0 Å². The molecular formula is C16H30N2S. The third kappa shape index (κ3) is 4.70. The van der Waals surface area contributed by atoms with Crippen LogP contribution < -0.4 is 5.32 Å². The van der Waals surface area contributed by atoms with Gasteiger partial charge in [-0.25, -0.2) is 0 Å². The smallest absolute Gasteiger partial charge is 0.156 e. The molecule has 19 heavy (non-hydrogen) atoms. The van der Waals surface area contributed by atoms with E-state index in [1.165, 1.54) is 68.7 Å². The summed E-state index contributed by atoms with van der Waals surface area (Å²) in [5.74, 6) is 1.29. The summed E-state index contributed by atoms with van der Waals surface area (Å²) in [7, 11) is 0. The van der Waals surface area contributed by atoms with Crippen molar-refractivity contribution in [3.8, 4) is 0 Å². The molecule has 1 unspecified atom stereocenters. The SMILES string of the molecule is CCCCCCC(C)NC1=NCC2(CCCC2)CS1. The number of amidine groups is 1. The minimum atomic E-state index is 0.570. The lowest BCUT2D eigenvalue weighted by molar-refractivity contribution is 0.358. The molecule has 1 fully saturated rings. The van der Waals surface area contributed by atoms with Gasteiger partial charge in [0.1, 0.15) is 0 Å². The van der Waals surface area contributed by atoms with Gasteiger partial charge in [-0.3, -0.25) is 4.99 Å². The van der Waals surface area contributed by atoms with Crippen LogP contribution in [-0.4, -0.2) is 23.5 Å². The summed E-state index contributed by atoms with van der Waals surface area (Å²) in [5.41, 5.74) is 0.570. The Labute approximate surface area is 123 Å². The van der Waals surface area contributed by atoms with Crippen molar-refractivity contribution in [2.24, 2.45) is 10.4 Å². The van der Waals surface area contributed by atoms with Crippen LogP contribution in [0.25, 0.3) is 0 Å². The third-order valence-corrected chi connectivity index (χ3v) is 5.88.